The van der Waals surface area contributed by atoms with Crippen LogP contribution in [0.3, 0.4) is 0 Å². The molecule has 1 saturated heterocycles. The van der Waals surface area contributed by atoms with E-state index in [-0.39, 0.29) is 17.4 Å². The molecule has 3 rings (SSSR count). The van der Waals surface area contributed by atoms with E-state index >= 15 is 0 Å². The first-order valence-corrected chi connectivity index (χ1v) is 10.9. The number of benzene rings is 2. The van der Waals surface area contributed by atoms with Gasteiger partial charge in [-0.25, -0.2) is 8.42 Å². The van der Waals surface area contributed by atoms with Crippen molar-refractivity contribution in [2.45, 2.75) is 31.6 Å². The second-order valence-electron chi connectivity index (χ2n) is 7.26. The summed E-state index contributed by atoms with van der Waals surface area (Å²) in [6.07, 6.45) is 1.77. The normalized spacial score (nSPS) is 15.9. The van der Waals surface area contributed by atoms with Crippen LogP contribution >= 0.6 is 0 Å². The van der Waals surface area contributed by atoms with E-state index in [1.54, 1.807) is 12.1 Å². The van der Waals surface area contributed by atoms with Gasteiger partial charge in [0.15, 0.2) is 6.61 Å². The van der Waals surface area contributed by atoms with Gasteiger partial charge in [0.25, 0.3) is 5.91 Å². The van der Waals surface area contributed by atoms with Gasteiger partial charge in [-0.15, -0.1) is 0 Å². The predicted molar refractivity (Wildman–Crippen MR) is 109 cm³/mol. The zero-order chi connectivity index (χ0) is 20.1. The van der Waals surface area contributed by atoms with Crippen molar-refractivity contribution in [1.82, 2.24) is 4.31 Å². The molecule has 1 aliphatic heterocycles. The number of amides is 1. The third-order valence-corrected chi connectivity index (χ3v) is 6.79. The van der Waals surface area contributed by atoms with Crippen LogP contribution in [0.4, 0.5) is 5.69 Å². The van der Waals surface area contributed by atoms with Crippen LogP contribution in [0.2, 0.25) is 0 Å². The highest BCUT2D eigenvalue weighted by Gasteiger charge is 2.27. The number of rotatable bonds is 6. The van der Waals surface area contributed by atoms with Gasteiger partial charge in [0.05, 0.1) is 4.90 Å². The van der Waals surface area contributed by atoms with Crippen LogP contribution < -0.4 is 10.1 Å². The summed E-state index contributed by atoms with van der Waals surface area (Å²) in [5.74, 6) is 0.739. The molecular formula is C21H26N2O4S. The molecule has 1 heterocycles. The first-order valence-electron chi connectivity index (χ1n) is 9.44. The fourth-order valence-corrected chi connectivity index (χ4v) is 4.62. The second kappa shape index (κ2) is 8.75. The Bertz CT molecular complexity index is 918. The number of aryl methyl sites for hydroxylation is 1. The number of anilines is 1. The van der Waals surface area contributed by atoms with Crippen molar-refractivity contribution in [2.75, 3.05) is 25.0 Å². The number of nitrogens with zero attached hydrogens (tertiary/aromatic N) is 1. The van der Waals surface area contributed by atoms with Crippen LogP contribution in [0, 0.1) is 12.8 Å². The minimum atomic E-state index is -3.48. The average Bonchev–Trinajstić information content (AvgIpc) is 2.67. The van der Waals surface area contributed by atoms with Crippen LogP contribution in [-0.2, 0) is 14.8 Å². The van der Waals surface area contributed by atoms with E-state index in [9.17, 15) is 13.2 Å². The summed E-state index contributed by atoms with van der Waals surface area (Å²) in [4.78, 5) is 12.3. The zero-order valence-corrected chi connectivity index (χ0v) is 17.0. The van der Waals surface area contributed by atoms with Gasteiger partial charge in [-0.1, -0.05) is 19.1 Å². The van der Waals surface area contributed by atoms with Gasteiger partial charge < -0.3 is 10.1 Å². The van der Waals surface area contributed by atoms with Crippen molar-refractivity contribution in [3.05, 3.63) is 54.1 Å². The Hall–Kier alpha value is -2.38. The third-order valence-electron chi connectivity index (χ3n) is 4.88. The summed E-state index contributed by atoms with van der Waals surface area (Å²) in [5, 5.41) is 2.77. The Morgan fingerprint density at radius 1 is 1.14 bits per heavy atom. The van der Waals surface area contributed by atoms with Gasteiger partial charge in [-0.2, -0.15) is 4.31 Å². The Balaban J connectivity index is 1.56. The highest BCUT2D eigenvalue weighted by Crippen LogP contribution is 2.24. The van der Waals surface area contributed by atoms with Crippen LogP contribution in [-0.4, -0.2) is 38.3 Å². The molecule has 0 radical (unpaired) electrons. The van der Waals surface area contributed by atoms with Gasteiger partial charge in [0.2, 0.25) is 10.0 Å². The number of nitrogens with one attached hydrogen (secondary N) is 1. The lowest BCUT2D eigenvalue weighted by Gasteiger charge is -2.29. The number of ether oxygens (including phenoxy) is 1. The fraction of sp³-hybridized carbons (Fsp3) is 0.381. The molecule has 0 aliphatic carbocycles. The topological polar surface area (TPSA) is 75.7 Å². The zero-order valence-electron chi connectivity index (χ0n) is 16.2. The summed E-state index contributed by atoms with van der Waals surface area (Å²) < 4.78 is 32.5. The molecule has 2 aromatic carbocycles. The van der Waals surface area contributed by atoms with Gasteiger partial charge in [0.1, 0.15) is 5.75 Å². The highest BCUT2D eigenvalue weighted by molar-refractivity contribution is 7.89. The van der Waals surface area contributed by atoms with Crippen molar-refractivity contribution in [1.29, 1.82) is 0 Å². The largest absolute Gasteiger partial charge is 0.484 e. The third kappa shape index (κ3) is 5.11. The molecule has 0 atom stereocenters. The Morgan fingerprint density at radius 3 is 2.46 bits per heavy atom. The van der Waals surface area contributed by atoms with E-state index in [0.29, 0.717) is 30.4 Å². The van der Waals surface area contributed by atoms with E-state index in [1.165, 1.54) is 16.4 Å². The molecule has 1 aliphatic rings. The molecule has 1 amide bonds. The van der Waals surface area contributed by atoms with Crippen LogP contribution in [0.5, 0.6) is 5.75 Å². The quantitative estimate of drug-likeness (QED) is 0.803. The Labute approximate surface area is 166 Å². The number of carbonyl (C=O) groups is 1. The molecule has 0 aromatic heterocycles. The first-order chi connectivity index (χ1) is 13.3. The Morgan fingerprint density at radius 2 is 1.82 bits per heavy atom. The molecule has 0 spiro atoms. The molecular weight excluding hydrogens is 376 g/mol. The van der Waals surface area contributed by atoms with Crippen molar-refractivity contribution in [3.8, 4) is 5.75 Å². The fourth-order valence-electron chi connectivity index (χ4n) is 3.15. The van der Waals surface area contributed by atoms with Crippen LogP contribution in [0.1, 0.15) is 25.3 Å². The maximum atomic E-state index is 12.7. The Kier molecular flexibility index (Phi) is 6.36. The minimum Gasteiger partial charge on any atom is -0.484 e. The predicted octanol–water partition coefficient (Wildman–Crippen LogP) is 3.43. The lowest BCUT2D eigenvalue weighted by molar-refractivity contribution is -0.118. The van der Waals surface area contributed by atoms with Crippen molar-refractivity contribution in [3.63, 3.8) is 0 Å². The van der Waals surface area contributed by atoms with Gasteiger partial charge in [-0.3, -0.25) is 4.79 Å². The first kappa shape index (κ1) is 20.4. The van der Waals surface area contributed by atoms with Gasteiger partial charge in [0, 0.05) is 18.8 Å². The number of sulfonamides is 1. The number of carbonyl (C=O) groups excluding carboxylic acids is 1. The van der Waals surface area contributed by atoms with Crippen molar-refractivity contribution >= 4 is 21.6 Å². The lowest BCUT2D eigenvalue weighted by atomic mass is 10.0. The summed E-state index contributed by atoms with van der Waals surface area (Å²) >= 11 is 0. The van der Waals surface area contributed by atoms with Crippen molar-refractivity contribution < 1.29 is 17.9 Å². The second-order valence-corrected chi connectivity index (χ2v) is 9.20. The molecule has 6 nitrogen and oxygen atoms in total. The maximum Gasteiger partial charge on any atom is 0.262 e. The summed E-state index contributed by atoms with van der Waals surface area (Å²) in [7, 11) is -3.48. The van der Waals surface area contributed by atoms with Gasteiger partial charge >= 0.3 is 0 Å². The van der Waals surface area contributed by atoms with E-state index < -0.39 is 10.0 Å². The van der Waals surface area contributed by atoms with E-state index in [4.69, 9.17) is 4.74 Å². The van der Waals surface area contributed by atoms with Crippen molar-refractivity contribution in [2.24, 2.45) is 5.92 Å². The van der Waals surface area contributed by atoms with Crippen LogP contribution in [0.25, 0.3) is 0 Å². The molecule has 28 heavy (non-hydrogen) atoms. The number of piperidine rings is 1. The standard InChI is InChI=1S/C21H26N2O4S/c1-16-10-12-23(13-11-16)28(25,26)20-8-6-19(7-9-20)27-15-21(24)22-18-5-3-4-17(2)14-18/h3-9,14,16H,10-13,15H2,1-2H3,(H,22,24). The average molecular weight is 403 g/mol. The lowest BCUT2D eigenvalue weighted by Crippen LogP contribution is -2.37. The van der Waals surface area contributed by atoms with E-state index in [0.717, 1.165) is 18.4 Å². The molecule has 0 unspecified atom stereocenters. The van der Waals surface area contributed by atoms with E-state index in [2.05, 4.69) is 12.2 Å². The maximum absolute atomic E-state index is 12.7. The summed E-state index contributed by atoms with van der Waals surface area (Å²) in [6.45, 7) is 5.06. The molecule has 0 saturated carbocycles. The minimum absolute atomic E-state index is 0.149. The van der Waals surface area contributed by atoms with Gasteiger partial charge in [-0.05, 0) is 67.6 Å². The number of hydrogen-bond acceptors (Lipinski definition) is 4. The van der Waals surface area contributed by atoms with Crippen LogP contribution in [0.15, 0.2) is 53.4 Å². The molecule has 1 N–H and O–H groups in total. The number of hydrogen-bond donors (Lipinski definition) is 1. The SMILES string of the molecule is Cc1cccc(NC(=O)COc2ccc(S(=O)(=O)N3CCC(C)CC3)cc2)c1. The molecule has 7 heteroatoms. The highest BCUT2D eigenvalue weighted by atomic mass is 32.2. The molecule has 150 valence electrons. The molecule has 2 aromatic rings. The monoisotopic (exact) mass is 402 g/mol. The molecule has 0 bridgehead atoms. The molecule has 1 fully saturated rings. The smallest absolute Gasteiger partial charge is 0.262 e. The summed E-state index contributed by atoms with van der Waals surface area (Å²) in [5.41, 5.74) is 1.77. The van der Waals surface area contributed by atoms with E-state index in [1.807, 2.05) is 31.2 Å². The summed E-state index contributed by atoms with van der Waals surface area (Å²) in [6, 6.07) is 13.7.